The highest BCUT2D eigenvalue weighted by atomic mass is 32.2. The molecule has 9 nitrogen and oxygen atoms in total. The monoisotopic (exact) mass is 466 g/mol. The van der Waals surface area contributed by atoms with E-state index in [1.54, 1.807) is 24.3 Å². The zero-order valence-electron chi connectivity index (χ0n) is 17.9. The van der Waals surface area contributed by atoms with E-state index in [1.165, 1.54) is 11.8 Å². The van der Waals surface area contributed by atoms with Gasteiger partial charge in [0.25, 0.3) is 0 Å². The first-order chi connectivity index (χ1) is 16.1. The van der Waals surface area contributed by atoms with Gasteiger partial charge in [0.05, 0.1) is 5.25 Å². The third-order valence-electron chi connectivity index (χ3n) is 5.15. The van der Waals surface area contributed by atoms with Crippen LogP contribution in [0.25, 0.3) is 0 Å². The average Bonchev–Trinajstić information content (AvgIpc) is 3.46. The van der Waals surface area contributed by atoms with Crippen LogP contribution in [-0.2, 0) is 11.3 Å². The quantitative estimate of drug-likeness (QED) is 0.415. The van der Waals surface area contributed by atoms with Crippen LogP contribution in [0.4, 0.5) is 5.69 Å². The van der Waals surface area contributed by atoms with Gasteiger partial charge < -0.3 is 24.3 Å². The summed E-state index contributed by atoms with van der Waals surface area (Å²) in [6.45, 7) is 6.63. The van der Waals surface area contributed by atoms with Crippen molar-refractivity contribution in [2.24, 2.45) is 0 Å². The van der Waals surface area contributed by atoms with E-state index in [4.69, 9.17) is 18.9 Å². The van der Waals surface area contributed by atoms with Gasteiger partial charge in [-0.05, 0) is 31.2 Å². The number of fused-ring (bicyclic) bond motifs is 2. The number of nitrogens with one attached hydrogen (secondary N) is 1. The molecule has 2 aromatic carbocycles. The third-order valence-corrected chi connectivity index (χ3v) is 6.23. The number of para-hydroxylation sites is 2. The molecule has 170 valence electrons. The number of hydrogen-bond acceptors (Lipinski definition) is 8. The Morgan fingerprint density at radius 2 is 1.97 bits per heavy atom. The van der Waals surface area contributed by atoms with Gasteiger partial charge in [0.1, 0.15) is 6.61 Å². The normalized spacial score (nSPS) is 16.8. The Balaban J connectivity index is 1.29. The molecule has 0 spiro atoms. The molecule has 10 heteroatoms. The molecule has 3 aromatic rings. The number of amides is 1. The molecule has 3 heterocycles. The van der Waals surface area contributed by atoms with Crippen molar-refractivity contribution >= 4 is 23.4 Å². The van der Waals surface area contributed by atoms with Gasteiger partial charge in [0, 0.05) is 18.3 Å². The Kier molecular flexibility index (Phi) is 5.82. The standard InChI is InChI=1S/C23H22N4O5S/c1-3-10-27-21(20-12-29-16-6-4-5-7-18(16)32-20)25-26-23(27)33-14(2)22(28)24-15-8-9-17-19(11-15)31-13-30-17/h3-9,11,14,20H,1,10,12-13H2,2H3,(H,24,28)/t14-,20-/m0/s1. The number of aromatic nitrogens is 3. The lowest BCUT2D eigenvalue weighted by atomic mass is 10.2. The second kappa shape index (κ2) is 9.07. The Bertz CT molecular complexity index is 1200. The van der Waals surface area contributed by atoms with E-state index in [0.717, 1.165) is 0 Å². The lowest BCUT2D eigenvalue weighted by Gasteiger charge is -2.26. The topological polar surface area (TPSA) is 96.7 Å². The minimum Gasteiger partial charge on any atom is -0.485 e. The number of rotatable bonds is 7. The van der Waals surface area contributed by atoms with Crippen LogP contribution in [-0.4, -0.2) is 39.3 Å². The maximum Gasteiger partial charge on any atom is 0.237 e. The molecule has 0 bridgehead atoms. The Morgan fingerprint density at radius 1 is 1.18 bits per heavy atom. The number of ether oxygens (including phenoxy) is 4. The average molecular weight is 467 g/mol. The van der Waals surface area contributed by atoms with Gasteiger partial charge in [-0.3, -0.25) is 9.36 Å². The fraction of sp³-hybridized carbons (Fsp3) is 0.261. The zero-order valence-corrected chi connectivity index (χ0v) is 18.7. The summed E-state index contributed by atoms with van der Waals surface area (Å²) >= 11 is 1.31. The summed E-state index contributed by atoms with van der Waals surface area (Å²) in [5.41, 5.74) is 0.636. The molecule has 0 unspecified atom stereocenters. The molecule has 1 N–H and O–H groups in total. The molecule has 33 heavy (non-hydrogen) atoms. The number of benzene rings is 2. The van der Waals surface area contributed by atoms with Crippen molar-refractivity contribution in [3.05, 3.63) is 60.9 Å². The Labute approximate surface area is 194 Å². The van der Waals surface area contributed by atoms with Gasteiger partial charge in [-0.15, -0.1) is 16.8 Å². The molecule has 2 atom stereocenters. The molecule has 0 fully saturated rings. The van der Waals surface area contributed by atoms with E-state index < -0.39 is 11.4 Å². The van der Waals surface area contributed by atoms with Crippen LogP contribution in [0.3, 0.4) is 0 Å². The number of thioether (sulfide) groups is 1. The van der Waals surface area contributed by atoms with Gasteiger partial charge in [-0.25, -0.2) is 0 Å². The zero-order chi connectivity index (χ0) is 22.8. The highest BCUT2D eigenvalue weighted by molar-refractivity contribution is 8.00. The Hall–Kier alpha value is -3.66. The predicted octanol–water partition coefficient (Wildman–Crippen LogP) is 3.82. The van der Waals surface area contributed by atoms with Crippen molar-refractivity contribution in [3.63, 3.8) is 0 Å². The molecule has 2 aliphatic heterocycles. The first kappa shape index (κ1) is 21.2. The summed E-state index contributed by atoms with van der Waals surface area (Å²) in [7, 11) is 0. The third kappa shape index (κ3) is 4.34. The van der Waals surface area contributed by atoms with E-state index in [2.05, 4.69) is 22.1 Å². The minimum atomic E-state index is -0.430. The number of allylic oxidation sites excluding steroid dienone is 1. The van der Waals surface area contributed by atoms with Crippen LogP contribution >= 0.6 is 11.8 Å². The van der Waals surface area contributed by atoms with Gasteiger partial charge in [0.15, 0.2) is 40.1 Å². The second-order valence-electron chi connectivity index (χ2n) is 7.42. The fourth-order valence-corrected chi connectivity index (χ4v) is 4.37. The molecule has 1 amide bonds. The molecular formula is C23H22N4O5S. The van der Waals surface area contributed by atoms with Gasteiger partial charge in [-0.1, -0.05) is 30.0 Å². The maximum absolute atomic E-state index is 12.8. The van der Waals surface area contributed by atoms with Crippen LogP contribution in [0.1, 0.15) is 18.9 Å². The molecule has 0 aliphatic carbocycles. The number of carbonyl (C=O) groups is 1. The van der Waals surface area contributed by atoms with Crippen molar-refractivity contribution in [2.45, 2.75) is 30.0 Å². The predicted molar refractivity (Wildman–Crippen MR) is 122 cm³/mol. The van der Waals surface area contributed by atoms with Crippen LogP contribution in [0, 0.1) is 0 Å². The maximum atomic E-state index is 12.8. The smallest absolute Gasteiger partial charge is 0.237 e. The van der Waals surface area contributed by atoms with E-state index in [1.807, 2.05) is 35.8 Å². The summed E-state index contributed by atoms with van der Waals surface area (Å²) in [6, 6.07) is 12.8. The highest BCUT2D eigenvalue weighted by Crippen LogP contribution is 2.37. The second-order valence-corrected chi connectivity index (χ2v) is 8.73. The molecule has 0 saturated carbocycles. The van der Waals surface area contributed by atoms with E-state index in [9.17, 15) is 4.79 Å². The van der Waals surface area contributed by atoms with Crippen molar-refractivity contribution in [3.8, 4) is 23.0 Å². The SMILES string of the molecule is C=CCn1c(S[C@@H](C)C(=O)Nc2ccc3c(c2)OCO3)nnc1[C@@H]1COc2ccccc2O1. The highest BCUT2D eigenvalue weighted by Gasteiger charge is 2.29. The largest absolute Gasteiger partial charge is 0.485 e. The van der Waals surface area contributed by atoms with Crippen LogP contribution in [0.2, 0.25) is 0 Å². The fourth-order valence-electron chi connectivity index (χ4n) is 3.50. The number of carbonyl (C=O) groups excluding carboxylic acids is 1. The number of nitrogens with zero attached hydrogens (tertiary/aromatic N) is 3. The van der Waals surface area contributed by atoms with E-state index in [0.29, 0.717) is 52.8 Å². The Morgan fingerprint density at radius 3 is 2.82 bits per heavy atom. The van der Waals surface area contributed by atoms with Gasteiger partial charge >= 0.3 is 0 Å². The summed E-state index contributed by atoms with van der Waals surface area (Å²) in [5.74, 6) is 3.09. The molecule has 1 aromatic heterocycles. The van der Waals surface area contributed by atoms with E-state index >= 15 is 0 Å². The molecule has 5 rings (SSSR count). The summed E-state index contributed by atoms with van der Waals surface area (Å²) in [6.07, 6.45) is 1.34. The molecular weight excluding hydrogens is 444 g/mol. The first-order valence-corrected chi connectivity index (χ1v) is 11.3. The van der Waals surface area contributed by atoms with Crippen molar-refractivity contribution < 1.29 is 23.7 Å². The minimum absolute atomic E-state index is 0.167. The van der Waals surface area contributed by atoms with Gasteiger partial charge in [-0.2, -0.15) is 0 Å². The van der Waals surface area contributed by atoms with Crippen molar-refractivity contribution in [2.75, 3.05) is 18.7 Å². The molecule has 0 radical (unpaired) electrons. The van der Waals surface area contributed by atoms with Crippen LogP contribution in [0.15, 0.2) is 60.3 Å². The van der Waals surface area contributed by atoms with Crippen LogP contribution in [0.5, 0.6) is 23.0 Å². The molecule has 2 aliphatic rings. The van der Waals surface area contributed by atoms with Crippen LogP contribution < -0.4 is 24.3 Å². The molecule has 0 saturated heterocycles. The summed E-state index contributed by atoms with van der Waals surface area (Å²) in [5, 5.41) is 11.7. The lowest BCUT2D eigenvalue weighted by molar-refractivity contribution is -0.115. The number of hydrogen-bond donors (Lipinski definition) is 1. The first-order valence-electron chi connectivity index (χ1n) is 10.4. The van der Waals surface area contributed by atoms with Crippen molar-refractivity contribution in [1.82, 2.24) is 14.8 Å². The van der Waals surface area contributed by atoms with Crippen molar-refractivity contribution in [1.29, 1.82) is 0 Å². The van der Waals surface area contributed by atoms with E-state index in [-0.39, 0.29) is 12.7 Å². The number of anilines is 1. The van der Waals surface area contributed by atoms with Gasteiger partial charge in [0.2, 0.25) is 12.7 Å². The summed E-state index contributed by atoms with van der Waals surface area (Å²) in [4.78, 5) is 12.8. The summed E-state index contributed by atoms with van der Waals surface area (Å²) < 4.78 is 24.5. The lowest BCUT2D eigenvalue weighted by Crippen LogP contribution is -2.25.